The average Bonchev–Trinajstić information content (AvgIpc) is 3.00. The SMILES string of the molecule is O=C(O)c1ccc2nc(-n3nc([N+](=O)[O-])nc3Br)oc2c1. The molecule has 2 aromatic heterocycles. The van der Waals surface area contributed by atoms with Gasteiger partial charge in [0.2, 0.25) is 0 Å². The second-order valence-corrected chi connectivity index (χ2v) is 4.54. The van der Waals surface area contributed by atoms with Gasteiger partial charge in [0.15, 0.2) is 5.58 Å². The number of oxazole rings is 1. The van der Waals surface area contributed by atoms with Gasteiger partial charge in [0.1, 0.15) is 5.52 Å². The summed E-state index contributed by atoms with van der Waals surface area (Å²) in [6, 6.07) is 4.06. The van der Waals surface area contributed by atoms with Crippen LogP contribution in [0.4, 0.5) is 5.95 Å². The fraction of sp³-hybridized carbons (Fsp3) is 0. The summed E-state index contributed by atoms with van der Waals surface area (Å²) in [7, 11) is 0. The molecule has 0 amide bonds. The molecule has 11 heteroatoms. The molecular weight excluding hydrogens is 350 g/mol. The Labute approximate surface area is 123 Å². The molecule has 0 fully saturated rings. The number of carbonyl (C=O) groups is 1. The van der Waals surface area contributed by atoms with Gasteiger partial charge < -0.3 is 19.6 Å². The molecule has 0 aliphatic heterocycles. The van der Waals surface area contributed by atoms with Gasteiger partial charge >= 0.3 is 17.9 Å². The van der Waals surface area contributed by atoms with Crippen LogP contribution in [0.2, 0.25) is 0 Å². The molecule has 2 heterocycles. The lowest BCUT2D eigenvalue weighted by molar-refractivity contribution is -0.394. The lowest BCUT2D eigenvalue weighted by atomic mass is 10.2. The molecule has 0 aliphatic carbocycles. The van der Waals surface area contributed by atoms with Crippen LogP contribution in [0.1, 0.15) is 10.4 Å². The molecular formula is C10H4BrN5O5. The van der Waals surface area contributed by atoms with Crippen molar-refractivity contribution in [2.24, 2.45) is 0 Å². The van der Waals surface area contributed by atoms with E-state index in [0.717, 1.165) is 4.68 Å². The van der Waals surface area contributed by atoms with Gasteiger partial charge in [-0.1, -0.05) is 4.68 Å². The Hall–Kier alpha value is -2.82. The second kappa shape index (κ2) is 4.63. The Balaban J connectivity index is 2.13. The van der Waals surface area contributed by atoms with Crippen LogP contribution in [-0.4, -0.2) is 35.7 Å². The van der Waals surface area contributed by atoms with Crippen molar-refractivity contribution in [1.29, 1.82) is 0 Å². The van der Waals surface area contributed by atoms with Crippen LogP contribution in [0.3, 0.4) is 0 Å². The first-order chi connectivity index (χ1) is 9.95. The third kappa shape index (κ3) is 2.23. The topological polar surface area (TPSA) is 137 Å². The zero-order valence-corrected chi connectivity index (χ0v) is 11.5. The summed E-state index contributed by atoms with van der Waals surface area (Å²) in [5.74, 6) is -1.72. The monoisotopic (exact) mass is 353 g/mol. The zero-order chi connectivity index (χ0) is 15.1. The zero-order valence-electron chi connectivity index (χ0n) is 9.93. The Morgan fingerprint density at radius 1 is 1.43 bits per heavy atom. The summed E-state index contributed by atoms with van der Waals surface area (Å²) < 4.78 is 6.39. The summed E-state index contributed by atoms with van der Waals surface area (Å²) in [5, 5.41) is 23.1. The smallest absolute Gasteiger partial charge is 0.478 e. The molecule has 0 aliphatic rings. The Kier molecular flexibility index (Phi) is 2.90. The molecule has 0 atom stereocenters. The van der Waals surface area contributed by atoms with Crippen LogP contribution < -0.4 is 0 Å². The highest BCUT2D eigenvalue weighted by molar-refractivity contribution is 9.10. The summed E-state index contributed by atoms with van der Waals surface area (Å²) in [4.78, 5) is 28.4. The van der Waals surface area contributed by atoms with E-state index in [1.807, 2.05) is 0 Å². The van der Waals surface area contributed by atoms with Crippen LogP contribution in [0, 0.1) is 10.1 Å². The molecule has 0 spiro atoms. The number of halogens is 1. The molecule has 3 rings (SSSR count). The van der Waals surface area contributed by atoms with Crippen LogP contribution in [0.5, 0.6) is 0 Å². The molecule has 0 radical (unpaired) electrons. The van der Waals surface area contributed by atoms with Gasteiger partial charge in [-0.05, 0) is 28.1 Å². The average molecular weight is 354 g/mol. The number of carboxylic acid groups (broad SMARTS) is 1. The molecule has 3 aromatic rings. The maximum atomic E-state index is 10.9. The quantitative estimate of drug-likeness (QED) is 0.555. The minimum absolute atomic E-state index is 0.0360. The van der Waals surface area contributed by atoms with E-state index in [2.05, 4.69) is 31.0 Å². The summed E-state index contributed by atoms with van der Waals surface area (Å²) in [5.41, 5.74) is 0.642. The number of hydrogen-bond acceptors (Lipinski definition) is 7. The largest absolute Gasteiger partial charge is 0.492 e. The van der Waals surface area contributed by atoms with Crippen LogP contribution in [-0.2, 0) is 0 Å². The van der Waals surface area contributed by atoms with E-state index in [0.29, 0.717) is 5.52 Å². The van der Waals surface area contributed by atoms with Gasteiger partial charge in [-0.25, -0.2) is 4.79 Å². The number of rotatable bonds is 3. The van der Waals surface area contributed by atoms with E-state index in [1.165, 1.54) is 18.2 Å². The standard InChI is InChI=1S/C10H4BrN5O5/c11-8-13-9(16(19)20)14-15(8)10-12-5-2-1-4(7(17)18)3-6(5)21-10/h1-3H,(H,17,18). The highest BCUT2D eigenvalue weighted by atomic mass is 79.9. The Morgan fingerprint density at radius 3 is 2.81 bits per heavy atom. The number of hydrogen-bond donors (Lipinski definition) is 1. The van der Waals surface area contributed by atoms with E-state index in [4.69, 9.17) is 9.52 Å². The highest BCUT2D eigenvalue weighted by Gasteiger charge is 2.24. The molecule has 10 nitrogen and oxygen atoms in total. The van der Waals surface area contributed by atoms with Crippen molar-refractivity contribution in [1.82, 2.24) is 19.7 Å². The number of fused-ring (bicyclic) bond motifs is 1. The van der Waals surface area contributed by atoms with Crippen molar-refractivity contribution < 1.29 is 19.2 Å². The third-order valence-corrected chi connectivity index (χ3v) is 3.04. The Bertz CT molecular complexity index is 885. The van der Waals surface area contributed by atoms with E-state index < -0.39 is 16.8 Å². The van der Waals surface area contributed by atoms with E-state index in [-0.39, 0.29) is 21.9 Å². The molecule has 0 unspecified atom stereocenters. The lowest BCUT2D eigenvalue weighted by Crippen LogP contribution is -1.98. The summed E-state index contributed by atoms with van der Waals surface area (Å²) in [6.07, 6.45) is 0. The van der Waals surface area contributed by atoms with Crippen molar-refractivity contribution in [3.63, 3.8) is 0 Å². The fourth-order valence-electron chi connectivity index (χ4n) is 1.62. The molecule has 106 valence electrons. The highest BCUT2D eigenvalue weighted by Crippen LogP contribution is 2.22. The van der Waals surface area contributed by atoms with Crippen molar-refractivity contribution in [2.75, 3.05) is 0 Å². The van der Waals surface area contributed by atoms with Crippen LogP contribution in [0.15, 0.2) is 27.3 Å². The molecule has 21 heavy (non-hydrogen) atoms. The van der Waals surface area contributed by atoms with Crippen molar-refractivity contribution in [3.8, 4) is 6.01 Å². The van der Waals surface area contributed by atoms with Gasteiger partial charge in [0.25, 0.3) is 4.73 Å². The van der Waals surface area contributed by atoms with E-state index in [1.54, 1.807) is 0 Å². The maximum absolute atomic E-state index is 10.9. The first-order valence-electron chi connectivity index (χ1n) is 5.37. The summed E-state index contributed by atoms with van der Waals surface area (Å²) in [6.45, 7) is 0. The lowest BCUT2D eigenvalue weighted by Gasteiger charge is -1.91. The van der Waals surface area contributed by atoms with Crippen molar-refractivity contribution in [3.05, 3.63) is 38.6 Å². The van der Waals surface area contributed by atoms with Gasteiger partial charge in [0, 0.05) is 21.0 Å². The molecule has 0 saturated heterocycles. The molecule has 1 aromatic carbocycles. The van der Waals surface area contributed by atoms with E-state index >= 15 is 0 Å². The van der Waals surface area contributed by atoms with Gasteiger partial charge in [-0.15, -0.1) is 0 Å². The van der Waals surface area contributed by atoms with Gasteiger partial charge in [0.05, 0.1) is 5.56 Å². The van der Waals surface area contributed by atoms with E-state index in [9.17, 15) is 14.9 Å². The minimum atomic E-state index is -1.10. The number of carboxylic acids is 1. The normalized spacial score (nSPS) is 10.9. The van der Waals surface area contributed by atoms with Crippen molar-refractivity contribution in [2.45, 2.75) is 0 Å². The van der Waals surface area contributed by atoms with Crippen LogP contribution in [0.25, 0.3) is 17.1 Å². The second-order valence-electron chi connectivity index (χ2n) is 3.83. The third-order valence-electron chi connectivity index (χ3n) is 2.53. The fourth-order valence-corrected chi connectivity index (χ4v) is 2.01. The van der Waals surface area contributed by atoms with Gasteiger partial charge in [-0.2, -0.15) is 4.98 Å². The number of nitro groups is 1. The molecule has 0 bridgehead atoms. The molecule has 1 N–H and O–H groups in total. The first kappa shape index (κ1) is 13.2. The Morgan fingerprint density at radius 2 is 2.19 bits per heavy atom. The minimum Gasteiger partial charge on any atom is -0.478 e. The van der Waals surface area contributed by atoms with Crippen LogP contribution >= 0.6 is 15.9 Å². The number of nitrogens with zero attached hydrogens (tertiary/aromatic N) is 5. The van der Waals surface area contributed by atoms with Crippen molar-refractivity contribution >= 4 is 38.9 Å². The number of aromatic nitrogens is 4. The maximum Gasteiger partial charge on any atom is 0.492 e. The number of benzene rings is 1. The molecule has 0 saturated carbocycles. The predicted molar refractivity (Wildman–Crippen MR) is 70.2 cm³/mol. The number of aromatic carboxylic acids is 1. The first-order valence-corrected chi connectivity index (χ1v) is 6.16. The van der Waals surface area contributed by atoms with Gasteiger partial charge in [-0.3, -0.25) is 0 Å². The predicted octanol–water partition coefficient (Wildman–Crippen LogP) is 1.78. The summed E-state index contributed by atoms with van der Waals surface area (Å²) >= 11 is 3.01.